The minimum absolute atomic E-state index is 0.373. The molecule has 164 valence electrons. The van der Waals surface area contributed by atoms with E-state index in [0.29, 0.717) is 24.4 Å². The molecule has 0 amide bonds. The second kappa shape index (κ2) is 8.05. The first-order chi connectivity index (χ1) is 16.3. The largest absolute Gasteiger partial charge is 0.497 e. The number of methoxy groups -OCH3 is 1. The zero-order valence-electron chi connectivity index (χ0n) is 18.1. The molecule has 8 heteroatoms. The first-order valence-corrected chi connectivity index (χ1v) is 10.9. The molecule has 8 nitrogen and oxygen atoms in total. The molecule has 0 bridgehead atoms. The molecule has 33 heavy (non-hydrogen) atoms. The van der Waals surface area contributed by atoms with Gasteiger partial charge in [0.25, 0.3) is 0 Å². The summed E-state index contributed by atoms with van der Waals surface area (Å²) in [5.41, 5.74) is 5.91. The number of nitrogens with zero attached hydrogens (tertiary/aromatic N) is 4. The van der Waals surface area contributed by atoms with Crippen LogP contribution >= 0.6 is 0 Å². The third-order valence-electron chi connectivity index (χ3n) is 5.88. The molecule has 1 aliphatic carbocycles. The maximum absolute atomic E-state index is 5.87. The molecular weight excluding hydrogens is 416 g/mol. The number of nitrogens with one attached hydrogen (secondary N) is 2. The molecular formula is C25H22N6O2. The van der Waals surface area contributed by atoms with Crippen LogP contribution in [0, 0.1) is 0 Å². The van der Waals surface area contributed by atoms with Gasteiger partial charge in [-0.2, -0.15) is 0 Å². The number of rotatable bonds is 7. The summed E-state index contributed by atoms with van der Waals surface area (Å²) in [6.45, 7) is 0.572. The number of aromatic nitrogens is 5. The van der Waals surface area contributed by atoms with E-state index in [-0.39, 0.29) is 0 Å². The molecule has 2 N–H and O–H groups in total. The Labute approximate surface area is 190 Å². The van der Waals surface area contributed by atoms with E-state index in [9.17, 15) is 0 Å². The third-order valence-corrected chi connectivity index (χ3v) is 5.88. The van der Waals surface area contributed by atoms with Crippen molar-refractivity contribution in [3.63, 3.8) is 0 Å². The highest BCUT2D eigenvalue weighted by Gasteiger charge is 2.25. The Balaban J connectivity index is 1.24. The number of ether oxygens (including phenoxy) is 1. The van der Waals surface area contributed by atoms with Crippen molar-refractivity contribution < 1.29 is 9.15 Å². The lowest BCUT2D eigenvalue weighted by Crippen LogP contribution is -1.99. The van der Waals surface area contributed by atoms with Crippen molar-refractivity contribution in [3.8, 4) is 28.5 Å². The van der Waals surface area contributed by atoms with E-state index < -0.39 is 0 Å². The van der Waals surface area contributed by atoms with E-state index in [1.165, 1.54) is 12.8 Å². The number of hydrogen-bond acceptors (Lipinski definition) is 7. The molecule has 1 saturated carbocycles. The Morgan fingerprint density at radius 3 is 2.79 bits per heavy atom. The van der Waals surface area contributed by atoms with Gasteiger partial charge >= 0.3 is 6.01 Å². The van der Waals surface area contributed by atoms with Crippen LogP contribution in [0.5, 0.6) is 5.75 Å². The van der Waals surface area contributed by atoms with Crippen LogP contribution in [0.4, 0.5) is 6.01 Å². The second-order valence-corrected chi connectivity index (χ2v) is 8.18. The average molecular weight is 438 g/mol. The molecule has 3 heterocycles. The molecule has 0 atom stereocenters. The fraction of sp³-hybridized carbons (Fsp3) is 0.200. The van der Waals surface area contributed by atoms with Crippen molar-refractivity contribution in [1.82, 2.24) is 25.1 Å². The van der Waals surface area contributed by atoms with Gasteiger partial charge in [-0.15, -0.1) is 5.10 Å². The highest BCUT2D eigenvalue weighted by Crippen LogP contribution is 2.39. The number of anilines is 1. The minimum Gasteiger partial charge on any atom is -0.497 e. The predicted octanol–water partition coefficient (Wildman–Crippen LogP) is 5.17. The van der Waals surface area contributed by atoms with Crippen molar-refractivity contribution >= 4 is 16.9 Å². The SMILES string of the molecule is COc1ccc(CNc2nnc(-c3ccc4[nH]cc(-c5cncc(C6CC6)n5)c4c3)o2)cc1. The van der Waals surface area contributed by atoms with Crippen LogP contribution in [0.2, 0.25) is 0 Å². The molecule has 0 spiro atoms. The maximum atomic E-state index is 5.87. The quantitative estimate of drug-likeness (QED) is 0.361. The van der Waals surface area contributed by atoms with Crippen LogP contribution in [0.3, 0.4) is 0 Å². The van der Waals surface area contributed by atoms with Gasteiger partial charge in [0.15, 0.2) is 0 Å². The average Bonchev–Trinajstić information content (AvgIpc) is 3.46. The number of benzene rings is 2. The topological polar surface area (TPSA) is 102 Å². The molecule has 1 aliphatic rings. The lowest BCUT2D eigenvalue weighted by molar-refractivity contribution is 0.414. The lowest BCUT2D eigenvalue weighted by atomic mass is 10.1. The van der Waals surface area contributed by atoms with Crippen molar-refractivity contribution in [2.24, 2.45) is 0 Å². The fourth-order valence-corrected chi connectivity index (χ4v) is 3.88. The molecule has 2 aromatic carbocycles. The molecule has 5 aromatic rings. The maximum Gasteiger partial charge on any atom is 0.316 e. The van der Waals surface area contributed by atoms with Gasteiger partial charge in [-0.3, -0.25) is 4.98 Å². The van der Waals surface area contributed by atoms with E-state index in [4.69, 9.17) is 14.1 Å². The summed E-state index contributed by atoms with van der Waals surface area (Å²) in [6.07, 6.45) is 8.06. The van der Waals surface area contributed by atoms with Crippen LogP contribution in [0.25, 0.3) is 33.6 Å². The van der Waals surface area contributed by atoms with E-state index in [1.807, 2.05) is 61.1 Å². The number of hydrogen-bond donors (Lipinski definition) is 2. The summed E-state index contributed by atoms with van der Waals surface area (Å²) < 4.78 is 11.1. The van der Waals surface area contributed by atoms with Crippen molar-refractivity contribution in [2.45, 2.75) is 25.3 Å². The Kier molecular flexibility index (Phi) is 4.75. The smallest absolute Gasteiger partial charge is 0.316 e. The van der Waals surface area contributed by atoms with Crippen LogP contribution in [-0.2, 0) is 6.54 Å². The Morgan fingerprint density at radius 1 is 1.09 bits per heavy atom. The summed E-state index contributed by atoms with van der Waals surface area (Å²) in [5, 5.41) is 12.6. The Morgan fingerprint density at radius 2 is 1.97 bits per heavy atom. The first-order valence-electron chi connectivity index (χ1n) is 10.9. The monoisotopic (exact) mass is 438 g/mol. The van der Waals surface area contributed by atoms with E-state index in [1.54, 1.807) is 7.11 Å². The van der Waals surface area contributed by atoms with Gasteiger partial charge in [-0.05, 0) is 48.7 Å². The second-order valence-electron chi connectivity index (χ2n) is 8.18. The number of H-pyrrole nitrogens is 1. The lowest BCUT2D eigenvalue weighted by Gasteiger charge is -2.04. The van der Waals surface area contributed by atoms with E-state index in [0.717, 1.165) is 44.7 Å². The fourth-order valence-electron chi connectivity index (χ4n) is 3.88. The van der Waals surface area contributed by atoms with Crippen molar-refractivity contribution in [3.05, 3.63) is 72.3 Å². The summed E-state index contributed by atoms with van der Waals surface area (Å²) in [7, 11) is 1.65. The van der Waals surface area contributed by atoms with Gasteiger partial charge in [0.1, 0.15) is 5.75 Å². The number of fused-ring (bicyclic) bond motifs is 1. The van der Waals surface area contributed by atoms with Gasteiger partial charge in [0.05, 0.1) is 24.7 Å². The first kappa shape index (κ1) is 19.5. The molecule has 1 fully saturated rings. The molecule has 0 aliphatic heterocycles. The van der Waals surface area contributed by atoms with Gasteiger partial charge in [0.2, 0.25) is 5.89 Å². The van der Waals surface area contributed by atoms with Gasteiger partial charge in [-0.1, -0.05) is 17.2 Å². The van der Waals surface area contributed by atoms with Gasteiger partial charge in [-0.25, -0.2) is 4.98 Å². The van der Waals surface area contributed by atoms with E-state index >= 15 is 0 Å². The number of aromatic amines is 1. The normalized spacial score (nSPS) is 13.4. The van der Waals surface area contributed by atoms with Crippen molar-refractivity contribution in [2.75, 3.05) is 12.4 Å². The van der Waals surface area contributed by atoms with Gasteiger partial charge < -0.3 is 19.5 Å². The van der Waals surface area contributed by atoms with Gasteiger partial charge in [0, 0.05) is 46.9 Å². The Hall–Kier alpha value is -4.20. The predicted molar refractivity (Wildman–Crippen MR) is 125 cm³/mol. The summed E-state index contributed by atoms with van der Waals surface area (Å²) >= 11 is 0. The summed E-state index contributed by atoms with van der Waals surface area (Å²) in [6, 6.07) is 14.2. The molecule has 0 radical (unpaired) electrons. The highest BCUT2D eigenvalue weighted by atomic mass is 16.5. The zero-order chi connectivity index (χ0) is 22.2. The molecule has 0 saturated heterocycles. The van der Waals surface area contributed by atoms with Crippen LogP contribution in [0.15, 0.2) is 65.5 Å². The molecule has 0 unspecified atom stereocenters. The summed E-state index contributed by atoms with van der Waals surface area (Å²) in [4.78, 5) is 12.6. The summed E-state index contributed by atoms with van der Waals surface area (Å²) in [5.74, 6) is 1.84. The highest BCUT2D eigenvalue weighted by molar-refractivity contribution is 5.96. The molecule has 6 rings (SSSR count). The minimum atomic E-state index is 0.373. The van der Waals surface area contributed by atoms with Crippen LogP contribution in [0.1, 0.15) is 30.0 Å². The van der Waals surface area contributed by atoms with E-state index in [2.05, 4.69) is 25.5 Å². The standard InChI is InChI=1S/C25H22N6O2/c1-32-18-7-2-15(3-8-18)11-28-25-31-30-24(33-25)17-6-9-21-19(10-17)20(12-27-21)23-14-26-13-22(29-23)16-4-5-16/h2-3,6-10,12-14,16,27H,4-5,11H2,1H3,(H,28,31). The van der Waals surface area contributed by atoms with Crippen molar-refractivity contribution in [1.29, 1.82) is 0 Å². The van der Waals surface area contributed by atoms with Crippen LogP contribution in [-0.4, -0.2) is 32.3 Å². The zero-order valence-corrected chi connectivity index (χ0v) is 18.1. The Bertz CT molecular complexity index is 1420. The third kappa shape index (κ3) is 3.91. The van der Waals surface area contributed by atoms with Crippen LogP contribution < -0.4 is 10.1 Å². The molecule has 3 aromatic heterocycles.